The molecule has 0 saturated heterocycles. The first-order chi connectivity index (χ1) is 11.1. The van der Waals surface area contributed by atoms with Crippen LogP contribution in [0.1, 0.15) is 43.0 Å². The summed E-state index contributed by atoms with van der Waals surface area (Å²) >= 11 is 3.37. The molecular weight excluding hydrogens is 324 g/mol. The van der Waals surface area contributed by atoms with Crippen molar-refractivity contribution < 1.29 is 4.79 Å². The van der Waals surface area contributed by atoms with E-state index in [1.54, 1.807) is 23.1 Å². The minimum atomic E-state index is -0.0446. The summed E-state index contributed by atoms with van der Waals surface area (Å²) in [5, 5.41) is 6.22. The highest BCUT2D eigenvalue weighted by Gasteiger charge is 2.13. The van der Waals surface area contributed by atoms with E-state index >= 15 is 0 Å². The van der Waals surface area contributed by atoms with Gasteiger partial charge in [0.2, 0.25) is 5.91 Å². The Morgan fingerprint density at radius 1 is 1.26 bits per heavy atom. The number of carbonyl (C=O) groups excluding carboxylic acids is 1. The lowest BCUT2D eigenvalue weighted by atomic mass is 10.2. The fourth-order valence-corrected chi connectivity index (χ4v) is 3.77. The lowest BCUT2D eigenvalue weighted by Crippen LogP contribution is -2.32. The molecule has 0 aliphatic rings. The second-order valence-corrected chi connectivity index (χ2v) is 8.03. The van der Waals surface area contributed by atoms with Crippen LogP contribution in [0.15, 0.2) is 35.7 Å². The lowest BCUT2D eigenvalue weighted by Gasteiger charge is -2.11. The van der Waals surface area contributed by atoms with Crippen molar-refractivity contribution in [3.63, 3.8) is 0 Å². The number of nitrogens with one attached hydrogen (secondary N) is 1. The van der Waals surface area contributed by atoms with Gasteiger partial charge in [-0.2, -0.15) is 0 Å². The third-order valence-electron chi connectivity index (χ3n) is 3.46. The van der Waals surface area contributed by atoms with Gasteiger partial charge in [0.05, 0.1) is 16.0 Å². The van der Waals surface area contributed by atoms with Crippen molar-refractivity contribution in [3.8, 4) is 0 Å². The van der Waals surface area contributed by atoms with E-state index in [0.717, 1.165) is 22.9 Å². The van der Waals surface area contributed by atoms with Gasteiger partial charge < -0.3 is 5.32 Å². The van der Waals surface area contributed by atoms with Crippen LogP contribution in [0.4, 0.5) is 0 Å². The van der Waals surface area contributed by atoms with Crippen LogP contribution < -0.4 is 5.32 Å². The zero-order chi connectivity index (χ0) is 16.7. The summed E-state index contributed by atoms with van der Waals surface area (Å²) in [6, 6.07) is 10.2. The molecule has 5 heteroatoms. The molecule has 0 aliphatic heterocycles. The summed E-state index contributed by atoms with van der Waals surface area (Å²) in [5.74, 6) is 1.43. The van der Waals surface area contributed by atoms with Crippen LogP contribution in [0.3, 0.4) is 0 Å². The molecule has 23 heavy (non-hydrogen) atoms. The third-order valence-corrected chi connectivity index (χ3v) is 5.86. The molecule has 124 valence electrons. The Balaban J connectivity index is 1.69. The molecule has 1 atom stereocenters. The molecule has 0 radical (unpaired) electrons. The minimum Gasteiger partial charge on any atom is -0.355 e. The van der Waals surface area contributed by atoms with Gasteiger partial charge in [-0.1, -0.05) is 44.2 Å². The van der Waals surface area contributed by atoms with Crippen molar-refractivity contribution in [2.75, 3.05) is 6.54 Å². The zero-order valence-corrected chi connectivity index (χ0v) is 15.5. The maximum Gasteiger partial charge on any atom is 0.232 e. The number of thiazole rings is 1. The van der Waals surface area contributed by atoms with Gasteiger partial charge >= 0.3 is 0 Å². The normalized spacial score (nSPS) is 12.3. The minimum absolute atomic E-state index is 0.0446. The monoisotopic (exact) mass is 348 g/mol. The van der Waals surface area contributed by atoms with Crippen molar-refractivity contribution >= 4 is 29.0 Å². The van der Waals surface area contributed by atoms with Gasteiger partial charge in [0.25, 0.3) is 0 Å². The molecule has 0 spiro atoms. The highest BCUT2D eigenvalue weighted by molar-refractivity contribution is 7.99. The summed E-state index contributed by atoms with van der Waals surface area (Å²) < 4.78 is 0. The third kappa shape index (κ3) is 5.99. The van der Waals surface area contributed by atoms with Gasteiger partial charge in [-0.3, -0.25) is 4.79 Å². The first-order valence-electron chi connectivity index (χ1n) is 7.93. The van der Waals surface area contributed by atoms with Crippen molar-refractivity contribution in [1.82, 2.24) is 10.3 Å². The smallest absolute Gasteiger partial charge is 0.232 e. The largest absolute Gasteiger partial charge is 0.355 e. The zero-order valence-electron chi connectivity index (χ0n) is 13.9. The van der Waals surface area contributed by atoms with Crippen LogP contribution in [0.5, 0.6) is 0 Å². The maximum absolute atomic E-state index is 12.1. The first kappa shape index (κ1) is 18.0. The Morgan fingerprint density at radius 2 is 2.00 bits per heavy atom. The van der Waals surface area contributed by atoms with E-state index < -0.39 is 0 Å². The van der Waals surface area contributed by atoms with Crippen molar-refractivity contribution in [2.45, 2.75) is 44.1 Å². The molecule has 0 aliphatic carbocycles. The second kappa shape index (κ2) is 9.08. The van der Waals surface area contributed by atoms with Crippen molar-refractivity contribution in [3.05, 3.63) is 52.0 Å². The van der Waals surface area contributed by atoms with Gasteiger partial charge in [-0.05, 0) is 12.5 Å². The number of hydrogen-bond acceptors (Lipinski definition) is 4. The van der Waals surface area contributed by atoms with Gasteiger partial charge in [0, 0.05) is 30.0 Å². The van der Waals surface area contributed by atoms with Crippen LogP contribution in [0, 0.1) is 0 Å². The second-order valence-electron chi connectivity index (χ2n) is 5.81. The molecule has 1 heterocycles. The van der Waals surface area contributed by atoms with E-state index in [0.29, 0.717) is 12.5 Å². The lowest BCUT2D eigenvalue weighted by molar-refractivity contribution is -0.120. The molecule has 0 bridgehead atoms. The number of carbonyl (C=O) groups is 1. The van der Waals surface area contributed by atoms with Gasteiger partial charge in [-0.15, -0.1) is 23.1 Å². The van der Waals surface area contributed by atoms with E-state index in [2.05, 4.69) is 41.7 Å². The maximum atomic E-state index is 12.1. The fourth-order valence-electron chi connectivity index (χ4n) is 2.03. The van der Waals surface area contributed by atoms with Gasteiger partial charge in [0.1, 0.15) is 0 Å². The number of aromatic nitrogens is 1. The molecule has 2 aromatic rings. The summed E-state index contributed by atoms with van der Waals surface area (Å²) in [4.78, 5) is 16.7. The Labute approximate surface area is 146 Å². The number of nitrogens with zero attached hydrogens (tertiary/aromatic N) is 1. The summed E-state index contributed by atoms with van der Waals surface area (Å²) in [7, 11) is 0. The predicted octanol–water partition coefficient (Wildman–Crippen LogP) is 4.25. The highest BCUT2D eigenvalue weighted by Crippen LogP contribution is 2.19. The van der Waals surface area contributed by atoms with E-state index in [-0.39, 0.29) is 11.2 Å². The Bertz CT molecular complexity index is 610. The fraction of sp³-hybridized carbons (Fsp3) is 0.444. The Kier molecular flexibility index (Phi) is 7.12. The average Bonchev–Trinajstić information content (AvgIpc) is 3.02. The van der Waals surface area contributed by atoms with E-state index in [1.807, 2.05) is 25.1 Å². The topological polar surface area (TPSA) is 42.0 Å². The Hall–Kier alpha value is -1.33. The van der Waals surface area contributed by atoms with Crippen LogP contribution in [-0.4, -0.2) is 22.7 Å². The van der Waals surface area contributed by atoms with Crippen LogP contribution in [0.25, 0.3) is 0 Å². The van der Waals surface area contributed by atoms with Crippen LogP contribution in [0.2, 0.25) is 0 Å². The average molecular weight is 349 g/mol. The van der Waals surface area contributed by atoms with Crippen LogP contribution in [-0.2, 0) is 17.0 Å². The molecule has 1 amide bonds. The molecule has 1 aromatic heterocycles. The highest BCUT2D eigenvalue weighted by atomic mass is 32.2. The first-order valence-corrected chi connectivity index (χ1v) is 9.86. The Morgan fingerprint density at radius 3 is 2.65 bits per heavy atom. The summed E-state index contributed by atoms with van der Waals surface area (Å²) in [5.41, 5.74) is 2.32. The van der Waals surface area contributed by atoms with E-state index in [1.165, 1.54) is 5.56 Å². The molecule has 0 saturated carbocycles. The summed E-state index contributed by atoms with van der Waals surface area (Å²) in [6.45, 7) is 6.91. The van der Waals surface area contributed by atoms with Gasteiger partial charge in [0.15, 0.2) is 0 Å². The number of hydrogen-bond donors (Lipinski definition) is 1. The number of rotatable bonds is 8. The number of amides is 1. The van der Waals surface area contributed by atoms with Crippen molar-refractivity contribution in [2.24, 2.45) is 0 Å². The molecule has 1 N–H and O–H groups in total. The predicted molar refractivity (Wildman–Crippen MR) is 100 cm³/mol. The molecular formula is C18H24N2OS2. The SMILES string of the molecule is CC(C)c1nc(CCNC(=O)[C@@H](C)SCc2ccccc2)cs1. The molecule has 2 rings (SSSR count). The molecule has 0 unspecified atom stereocenters. The molecule has 1 aromatic carbocycles. The standard InChI is InChI=1S/C18H24N2OS2/c1-13(2)18-20-16(12-23-18)9-10-19-17(21)14(3)22-11-15-7-5-4-6-8-15/h4-8,12-14H,9-11H2,1-3H3,(H,19,21)/t14-/m1/s1. The summed E-state index contributed by atoms with van der Waals surface area (Å²) in [6.07, 6.45) is 0.797. The van der Waals surface area contributed by atoms with Crippen LogP contribution >= 0.6 is 23.1 Å². The number of benzene rings is 1. The molecule has 3 nitrogen and oxygen atoms in total. The van der Waals surface area contributed by atoms with Gasteiger partial charge in [-0.25, -0.2) is 4.98 Å². The van der Waals surface area contributed by atoms with Crippen molar-refractivity contribution in [1.29, 1.82) is 0 Å². The number of thioether (sulfide) groups is 1. The van der Waals surface area contributed by atoms with E-state index in [4.69, 9.17) is 0 Å². The van der Waals surface area contributed by atoms with E-state index in [9.17, 15) is 4.79 Å². The quantitative estimate of drug-likeness (QED) is 0.775. The molecule has 0 fully saturated rings.